The molecule has 26 heavy (non-hydrogen) atoms. The number of rotatable bonds is 5. The quantitative estimate of drug-likeness (QED) is 0.609. The lowest BCUT2D eigenvalue weighted by molar-refractivity contribution is 0.00578. The van der Waals surface area contributed by atoms with Crippen LogP contribution >= 0.6 is 23.5 Å². The van der Waals surface area contributed by atoms with E-state index >= 15 is 0 Å². The third-order valence-corrected chi connectivity index (χ3v) is 5.78. The van der Waals surface area contributed by atoms with E-state index in [1.807, 2.05) is 58.0 Å². The fourth-order valence-corrected chi connectivity index (χ4v) is 3.32. The number of aromatic nitrogens is 1. The van der Waals surface area contributed by atoms with Gasteiger partial charge in [-0.15, -0.1) is 0 Å². The predicted molar refractivity (Wildman–Crippen MR) is 107 cm³/mol. The number of ether oxygens (including phenoxy) is 1. The van der Waals surface area contributed by atoms with Gasteiger partial charge in [0.2, 0.25) is 5.88 Å². The van der Waals surface area contributed by atoms with Crippen LogP contribution in [0, 0.1) is 0 Å². The first-order valence-electron chi connectivity index (χ1n) is 8.30. The molecule has 0 atom stereocenters. The van der Waals surface area contributed by atoms with E-state index in [1.54, 1.807) is 13.3 Å². The highest BCUT2D eigenvalue weighted by Gasteiger charge is 2.51. The topological polar surface area (TPSA) is 52.6 Å². The van der Waals surface area contributed by atoms with Gasteiger partial charge in [0, 0.05) is 22.4 Å². The van der Waals surface area contributed by atoms with Crippen molar-refractivity contribution < 1.29 is 14.0 Å². The van der Waals surface area contributed by atoms with E-state index in [0.717, 1.165) is 16.0 Å². The number of nitrogens with zero attached hydrogens (tertiary/aromatic N) is 1. The number of halogens is 1. The van der Waals surface area contributed by atoms with Gasteiger partial charge >= 0.3 is 7.12 Å². The van der Waals surface area contributed by atoms with Crippen molar-refractivity contribution in [2.24, 2.45) is 0 Å². The van der Waals surface area contributed by atoms with Crippen LogP contribution in [0.4, 0.5) is 5.69 Å². The first-order valence-corrected chi connectivity index (χ1v) is 9.49. The molecule has 3 rings (SSSR count). The summed E-state index contributed by atoms with van der Waals surface area (Å²) in [5.41, 5.74) is 0.992. The molecule has 1 aromatic heterocycles. The third-order valence-electron chi connectivity index (χ3n) is 4.68. The molecule has 0 spiro atoms. The fraction of sp³-hybridized carbons (Fsp3) is 0.389. The molecule has 1 saturated heterocycles. The zero-order valence-electron chi connectivity index (χ0n) is 15.5. The Balaban J connectivity index is 1.80. The maximum absolute atomic E-state index is 6.11. The Morgan fingerprint density at radius 3 is 2.31 bits per heavy atom. The van der Waals surface area contributed by atoms with E-state index < -0.39 is 18.3 Å². The van der Waals surface area contributed by atoms with Crippen molar-refractivity contribution in [2.45, 2.75) is 43.8 Å². The van der Waals surface area contributed by atoms with Gasteiger partial charge in [-0.1, -0.05) is 11.6 Å². The summed E-state index contributed by atoms with van der Waals surface area (Å²) in [7, 11) is 1.14. The number of methoxy groups -OCH3 is 1. The van der Waals surface area contributed by atoms with Gasteiger partial charge in [0.25, 0.3) is 0 Å². The predicted octanol–water partition coefficient (Wildman–Crippen LogP) is 4.16. The number of hydrogen-bond donors (Lipinski definition) is 1. The Bertz CT molecular complexity index is 771. The number of nitrogens with one attached hydrogen (secondary N) is 1. The molecule has 2 aromatic rings. The number of pyridine rings is 1. The first kappa shape index (κ1) is 19.4. The van der Waals surface area contributed by atoms with Crippen molar-refractivity contribution >= 4 is 41.8 Å². The standard InChI is InChI=1S/C18H22BClN2O3S/c1-17(2)18(3,4)25-19(24-17)12-10-15(16(23-5)21-11-12)26-22-14-8-6-13(20)7-9-14/h6-11,22H,1-5H3. The van der Waals surface area contributed by atoms with E-state index in [-0.39, 0.29) is 0 Å². The lowest BCUT2D eigenvalue weighted by Crippen LogP contribution is -2.41. The summed E-state index contributed by atoms with van der Waals surface area (Å²) in [5, 5.41) is 0.697. The second-order valence-electron chi connectivity index (χ2n) is 7.08. The van der Waals surface area contributed by atoms with Crippen LogP contribution in [0.25, 0.3) is 0 Å². The Morgan fingerprint density at radius 2 is 1.73 bits per heavy atom. The van der Waals surface area contributed by atoms with E-state index in [0.29, 0.717) is 10.9 Å². The Labute approximate surface area is 164 Å². The van der Waals surface area contributed by atoms with Gasteiger partial charge < -0.3 is 18.8 Å². The molecule has 1 N–H and O–H groups in total. The average Bonchev–Trinajstić information content (AvgIpc) is 2.82. The summed E-state index contributed by atoms with van der Waals surface area (Å²) in [5.74, 6) is 0.539. The highest BCUT2D eigenvalue weighted by atomic mass is 35.5. The summed E-state index contributed by atoms with van der Waals surface area (Å²) >= 11 is 7.34. The zero-order valence-corrected chi connectivity index (χ0v) is 17.1. The maximum Gasteiger partial charge on any atom is 0.496 e. The summed E-state index contributed by atoms with van der Waals surface area (Å²) in [6.45, 7) is 8.12. The van der Waals surface area contributed by atoms with Crippen molar-refractivity contribution in [1.29, 1.82) is 0 Å². The van der Waals surface area contributed by atoms with Crippen molar-refractivity contribution in [3.05, 3.63) is 41.6 Å². The molecule has 1 aliphatic heterocycles. The van der Waals surface area contributed by atoms with Crippen LogP contribution in [-0.4, -0.2) is 30.4 Å². The van der Waals surface area contributed by atoms with Gasteiger partial charge in [-0.2, -0.15) is 0 Å². The molecule has 0 amide bonds. The summed E-state index contributed by atoms with van der Waals surface area (Å²) < 4.78 is 20.9. The Hall–Kier alpha value is -1.41. The van der Waals surface area contributed by atoms with Gasteiger partial charge in [-0.05, 0) is 70.0 Å². The van der Waals surface area contributed by atoms with Gasteiger partial charge in [0.15, 0.2) is 0 Å². The SMILES string of the molecule is COc1ncc(B2OC(C)(C)C(C)(C)O2)cc1SNc1ccc(Cl)cc1. The van der Waals surface area contributed by atoms with Gasteiger partial charge in [-0.3, -0.25) is 0 Å². The monoisotopic (exact) mass is 392 g/mol. The number of hydrogen-bond acceptors (Lipinski definition) is 6. The van der Waals surface area contributed by atoms with Crippen LogP contribution in [0.3, 0.4) is 0 Å². The molecule has 138 valence electrons. The van der Waals surface area contributed by atoms with Crippen molar-refractivity contribution in [3.63, 3.8) is 0 Å². The van der Waals surface area contributed by atoms with Crippen molar-refractivity contribution in [3.8, 4) is 5.88 Å². The molecule has 1 aliphatic rings. The minimum Gasteiger partial charge on any atom is -0.480 e. The van der Waals surface area contributed by atoms with E-state index in [4.69, 9.17) is 25.6 Å². The van der Waals surface area contributed by atoms with E-state index in [2.05, 4.69) is 9.71 Å². The molecule has 2 heterocycles. The summed E-state index contributed by atoms with van der Waals surface area (Å²) in [6.07, 6.45) is 1.73. The second kappa shape index (κ2) is 7.31. The minimum absolute atomic E-state index is 0.396. The van der Waals surface area contributed by atoms with Gasteiger partial charge in [0.05, 0.1) is 23.2 Å². The maximum atomic E-state index is 6.11. The van der Waals surface area contributed by atoms with Crippen LogP contribution < -0.4 is 14.9 Å². The van der Waals surface area contributed by atoms with Crippen LogP contribution in [0.5, 0.6) is 5.88 Å². The Kier molecular flexibility index (Phi) is 5.44. The van der Waals surface area contributed by atoms with Crippen molar-refractivity contribution in [1.82, 2.24) is 4.98 Å². The van der Waals surface area contributed by atoms with Crippen molar-refractivity contribution in [2.75, 3.05) is 11.8 Å². The zero-order chi connectivity index (χ0) is 18.9. The summed E-state index contributed by atoms with van der Waals surface area (Å²) in [6, 6.07) is 9.46. The molecule has 1 fully saturated rings. The lowest BCUT2D eigenvalue weighted by Gasteiger charge is -2.32. The minimum atomic E-state index is -0.465. The molecular weight excluding hydrogens is 371 g/mol. The Morgan fingerprint density at radius 1 is 1.12 bits per heavy atom. The first-order chi connectivity index (χ1) is 12.2. The smallest absolute Gasteiger partial charge is 0.480 e. The molecule has 0 aliphatic carbocycles. The normalized spacial score (nSPS) is 18.0. The highest BCUT2D eigenvalue weighted by molar-refractivity contribution is 8.00. The largest absolute Gasteiger partial charge is 0.496 e. The second-order valence-corrected chi connectivity index (χ2v) is 8.36. The summed E-state index contributed by atoms with van der Waals surface area (Å²) in [4.78, 5) is 5.24. The molecule has 1 aromatic carbocycles. The fourth-order valence-electron chi connectivity index (χ4n) is 2.41. The molecule has 0 saturated carbocycles. The van der Waals surface area contributed by atoms with Crippen LogP contribution in [0.15, 0.2) is 41.4 Å². The number of benzene rings is 1. The van der Waals surface area contributed by atoms with Crippen LogP contribution in [-0.2, 0) is 9.31 Å². The molecule has 0 bridgehead atoms. The van der Waals surface area contributed by atoms with Crippen LogP contribution in [0.2, 0.25) is 5.02 Å². The van der Waals surface area contributed by atoms with Crippen LogP contribution in [0.1, 0.15) is 27.7 Å². The van der Waals surface area contributed by atoms with Gasteiger partial charge in [-0.25, -0.2) is 4.98 Å². The molecule has 5 nitrogen and oxygen atoms in total. The lowest BCUT2D eigenvalue weighted by atomic mass is 9.80. The third kappa shape index (κ3) is 3.96. The number of anilines is 1. The van der Waals surface area contributed by atoms with E-state index in [9.17, 15) is 0 Å². The van der Waals surface area contributed by atoms with E-state index in [1.165, 1.54) is 11.9 Å². The average molecular weight is 393 g/mol. The highest BCUT2D eigenvalue weighted by Crippen LogP contribution is 2.37. The molecule has 0 unspecified atom stereocenters. The molecular formula is C18H22BClN2O3S. The molecule has 0 radical (unpaired) electrons. The van der Waals surface area contributed by atoms with Gasteiger partial charge in [0.1, 0.15) is 0 Å². The molecule has 8 heteroatoms.